The second-order valence-corrected chi connectivity index (χ2v) is 4.51. The Balaban J connectivity index is 2.13. The number of nitrogens with one attached hydrogen (secondary N) is 1. The Kier molecular flexibility index (Phi) is 4.37. The first-order chi connectivity index (χ1) is 9.22. The lowest BCUT2D eigenvalue weighted by Gasteiger charge is -2.20. The number of nitriles is 1. The van der Waals surface area contributed by atoms with Gasteiger partial charge >= 0.3 is 0 Å². The van der Waals surface area contributed by atoms with Crippen LogP contribution < -0.4 is 10.1 Å². The van der Waals surface area contributed by atoms with Gasteiger partial charge in [-0.25, -0.2) is 0 Å². The van der Waals surface area contributed by atoms with Gasteiger partial charge in [0.2, 0.25) is 5.91 Å². The Hall–Kier alpha value is -2.06. The van der Waals surface area contributed by atoms with Gasteiger partial charge in [0.05, 0.1) is 18.7 Å². The molecular formula is C14H17N3O2. The standard InChI is InChI=1S/C14H17N3O2/c1-19-13-3-2-11(9-15)8-12(13)10-17-6-4-14(18)16-5-7-17/h2-3,8H,4-7,10H2,1H3,(H,16,18). The van der Waals surface area contributed by atoms with Crippen LogP contribution in [0.2, 0.25) is 0 Å². The van der Waals surface area contributed by atoms with Gasteiger partial charge in [0.15, 0.2) is 0 Å². The van der Waals surface area contributed by atoms with Crippen LogP contribution in [0.3, 0.4) is 0 Å². The fourth-order valence-electron chi connectivity index (χ4n) is 2.18. The zero-order valence-electron chi connectivity index (χ0n) is 11.0. The lowest BCUT2D eigenvalue weighted by Crippen LogP contribution is -2.28. The number of ether oxygens (including phenoxy) is 1. The Bertz CT molecular complexity index is 508. The number of amides is 1. The van der Waals surface area contributed by atoms with Crippen LogP contribution in [0.4, 0.5) is 0 Å². The first kappa shape index (κ1) is 13.4. The fraction of sp³-hybridized carbons (Fsp3) is 0.429. The van der Waals surface area contributed by atoms with Crippen LogP contribution in [0.25, 0.3) is 0 Å². The van der Waals surface area contributed by atoms with Gasteiger partial charge in [-0.2, -0.15) is 5.26 Å². The number of carbonyl (C=O) groups is 1. The molecule has 0 aromatic heterocycles. The monoisotopic (exact) mass is 259 g/mol. The van der Waals surface area contributed by atoms with Gasteiger partial charge in [0.1, 0.15) is 5.75 Å². The Morgan fingerprint density at radius 2 is 2.32 bits per heavy atom. The zero-order chi connectivity index (χ0) is 13.7. The average Bonchev–Trinajstić information content (AvgIpc) is 2.63. The Morgan fingerprint density at radius 3 is 3.05 bits per heavy atom. The number of hydrogen-bond donors (Lipinski definition) is 1. The van der Waals surface area contributed by atoms with E-state index in [0.717, 1.165) is 24.4 Å². The van der Waals surface area contributed by atoms with Crippen LogP contribution in [0.5, 0.6) is 5.75 Å². The molecule has 5 nitrogen and oxygen atoms in total. The van der Waals surface area contributed by atoms with Crippen molar-refractivity contribution in [3.63, 3.8) is 0 Å². The van der Waals surface area contributed by atoms with Crippen molar-refractivity contribution < 1.29 is 9.53 Å². The van der Waals surface area contributed by atoms with Gasteiger partial charge in [-0.15, -0.1) is 0 Å². The molecule has 0 saturated carbocycles. The minimum Gasteiger partial charge on any atom is -0.496 e. The van der Waals surface area contributed by atoms with Crippen molar-refractivity contribution in [2.75, 3.05) is 26.7 Å². The first-order valence-electron chi connectivity index (χ1n) is 6.29. The molecule has 1 heterocycles. The molecule has 0 aliphatic carbocycles. The van der Waals surface area contributed by atoms with Gasteiger partial charge < -0.3 is 10.1 Å². The number of benzene rings is 1. The van der Waals surface area contributed by atoms with Gasteiger partial charge in [0.25, 0.3) is 0 Å². The summed E-state index contributed by atoms with van der Waals surface area (Å²) in [4.78, 5) is 13.5. The Labute approximate surface area is 112 Å². The summed E-state index contributed by atoms with van der Waals surface area (Å²) in [5, 5.41) is 11.8. The van der Waals surface area contributed by atoms with E-state index in [1.165, 1.54) is 0 Å². The van der Waals surface area contributed by atoms with E-state index in [2.05, 4.69) is 16.3 Å². The van der Waals surface area contributed by atoms with E-state index >= 15 is 0 Å². The minimum absolute atomic E-state index is 0.0974. The van der Waals surface area contributed by atoms with Crippen LogP contribution in [-0.2, 0) is 11.3 Å². The zero-order valence-corrected chi connectivity index (χ0v) is 11.0. The third-order valence-electron chi connectivity index (χ3n) is 3.21. The second-order valence-electron chi connectivity index (χ2n) is 4.51. The highest BCUT2D eigenvalue weighted by Gasteiger charge is 2.15. The SMILES string of the molecule is COc1ccc(C#N)cc1CN1CCNC(=O)CC1. The predicted octanol–water partition coefficient (Wildman–Crippen LogP) is 0.889. The van der Waals surface area contributed by atoms with Crippen molar-refractivity contribution in [3.8, 4) is 11.8 Å². The van der Waals surface area contributed by atoms with Crippen LogP contribution in [-0.4, -0.2) is 37.6 Å². The van der Waals surface area contributed by atoms with Crippen molar-refractivity contribution in [2.45, 2.75) is 13.0 Å². The van der Waals surface area contributed by atoms with E-state index in [9.17, 15) is 4.79 Å². The molecule has 19 heavy (non-hydrogen) atoms. The molecule has 1 aromatic carbocycles. The maximum Gasteiger partial charge on any atom is 0.221 e. The highest BCUT2D eigenvalue weighted by molar-refractivity contribution is 5.76. The van der Waals surface area contributed by atoms with E-state index < -0.39 is 0 Å². The summed E-state index contributed by atoms with van der Waals surface area (Å²) in [5.74, 6) is 0.878. The predicted molar refractivity (Wildman–Crippen MR) is 70.6 cm³/mol. The molecular weight excluding hydrogens is 242 g/mol. The average molecular weight is 259 g/mol. The molecule has 0 bridgehead atoms. The lowest BCUT2D eigenvalue weighted by atomic mass is 10.1. The highest BCUT2D eigenvalue weighted by atomic mass is 16.5. The molecule has 0 unspecified atom stereocenters. The number of methoxy groups -OCH3 is 1. The summed E-state index contributed by atoms with van der Waals surface area (Å²) in [7, 11) is 1.62. The summed E-state index contributed by atoms with van der Waals surface area (Å²) in [6.45, 7) is 2.89. The molecule has 1 aromatic rings. The van der Waals surface area contributed by atoms with Gasteiger partial charge in [-0.3, -0.25) is 9.69 Å². The fourth-order valence-corrected chi connectivity index (χ4v) is 2.18. The molecule has 0 spiro atoms. The van der Waals surface area contributed by atoms with E-state index in [4.69, 9.17) is 10.00 Å². The van der Waals surface area contributed by atoms with Crippen LogP contribution >= 0.6 is 0 Å². The molecule has 100 valence electrons. The molecule has 1 fully saturated rings. The van der Waals surface area contributed by atoms with E-state index in [1.807, 2.05) is 12.1 Å². The smallest absolute Gasteiger partial charge is 0.221 e. The summed E-state index contributed by atoms with van der Waals surface area (Å²) in [6.07, 6.45) is 0.514. The Morgan fingerprint density at radius 1 is 1.47 bits per heavy atom. The molecule has 2 rings (SSSR count). The number of nitrogens with zero attached hydrogens (tertiary/aromatic N) is 2. The summed E-state index contributed by atoms with van der Waals surface area (Å²) < 4.78 is 5.32. The number of hydrogen-bond acceptors (Lipinski definition) is 4. The topological polar surface area (TPSA) is 65.4 Å². The molecule has 5 heteroatoms. The quantitative estimate of drug-likeness (QED) is 0.875. The number of carbonyl (C=O) groups excluding carboxylic acids is 1. The minimum atomic E-state index is 0.0974. The van der Waals surface area contributed by atoms with Gasteiger partial charge in [-0.1, -0.05) is 0 Å². The second kappa shape index (κ2) is 6.21. The van der Waals surface area contributed by atoms with Gasteiger partial charge in [-0.05, 0) is 18.2 Å². The van der Waals surface area contributed by atoms with Crippen LogP contribution in [0.1, 0.15) is 17.5 Å². The summed E-state index contributed by atoms with van der Waals surface area (Å²) >= 11 is 0. The molecule has 1 aliphatic rings. The largest absolute Gasteiger partial charge is 0.496 e. The van der Waals surface area contributed by atoms with E-state index in [-0.39, 0.29) is 5.91 Å². The van der Waals surface area contributed by atoms with E-state index in [1.54, 1.807) is 13.2 Å². The van der Waals surface area contributed by atoms with Crippen LogP contribution in [0.15, 0.2) is 18.2 Å². The third kappa shape index (κ3) is 3.46. The van der Waals surface area contributed by atoms with Crippen molar-refractivity contribution in [1.82, 2.24) is 10.2 Å². The summed E-state index contributed by atoms with van der Waals surface area (Å²) in [5.41, 5.74) is 1.61. The van der Waals surface area contributed by atoms with E-state index in [0.29, 0.717) is 25.1 Å². The number of rotatable bonds is 3. The summed E-state index contributed by atoms with van der Waals surface area (Å²) in [6, 6.07) is 7.54. The van der Waals surface area contributed by atoms with Crippen LogP contribution in [0, 0.1) is 11.3 Å². The molecule has 1 aliphatic heterocycles. The molecule has 1 amide bonds. The lowest BCUT2D eigenvalue weighted by molar-refractivity contribution is -0.120. The molecule has 0 radical (unpaired) electrons. The normalized spacial score (nSPS) is 16.3. The van der Waals surface area contributed by atoms with Gasteiger partial charge in [0, 0.05) is 38.2 Å². The van der Waals surface area contributed by atoms with Crippen molar-refractivity contribution in [3.05, 3.63) is 29.3 Å². The maximum absolute atomic E-state index is 11.3. The molecule has 1 N–H and O–H groups in total. The van der Waals surface area contributed by atoms with Crippen molar-refractivity contribution in [2.24, 2.45) is 0 Å². The first-order valence-corrected chi connectivity index (χ1v) is 6.29. The molecule has 0 atom stereocenters. The van der Waals surface area contributed by atoms with Crippen molar-refractivity contribution in [1.29, 1.82) is 5.26 Å². The third-order valence-corrected chi connectivity index (χ3v) is 3.21. The highest BCUT2D eigenvalue weighted by Crippen LogP contribution is 2.21. The maximum atomic E-state index is 11.3. The van der Waals surface area contributed by atoms with Crippen molar-refractivity contribution >= 4 is 5.91 Å². The molecule has 1 saturated heterocycles.